The lowest BCUT2D eigenvalue weighted by Crippen LogP contribution is -2.38. The van der Waals surface area contributed by atoms with Gasteiger partial charge < -0.3 is 10.6 Å². The van der Waals surface area contributed by atoms with Gasteiger partial charge in [-0.3, -0.25) is 9.11 Å². The maximum atomic E-state index is 12.8. The van der Waals surface area contributed by atoms with Gasteiger partial charge in [0.05, 0.1) is 0 Å². The van der Waals surface area contributed by atoms with Crippen LogP contribution in [-0.4, -0.2) is 83.2 Å². The minimum atomic E-state index is -5.86. The highest BCUT2D eigenvalue weighted by Crippen LogP contribution is 2.31. The third kappa shape index (κ3) is 28.8. The molecule has 0 saturated heterocycles. The first kappa shape index (κ1) is 46.9. The summed E-state index contributed by atoms with van der Waals surface area (Å²) in [6, 6.07) is 0. The Balaban J connectivity index is -0.000000280. The molecule has 0 aliphatic carbocycles. The van der Waals surface area contributed by atoms with Crippen LogP contribution in [0.25, 0.3) is 0 Å². The molecule has 4 N–H and O–H groups in total. The van der Waals surface area contributed by atoms with Crippen LogP contribution in [0.5, 0.6) is 0 Å². The molecule has 0 radical (unpaired) electrons. The van der Waals surface area contributed by atoms with Crippen LogP contribution >= 0.6 is 0 Å². The summed E-state index contributed by atoms with van der Waals surface area (Å²) in [4.78, 5) is 0. The third-order valence-corrected chi connectivity index (χ3v) is 6.08. The van der Waals surface area contributed by atoms with Crippen molar-refractivity contribution in [2.75, 3.05) is 28.2 Å². The Bertz CT molecular complexity index is 853. The predicted octanol–water partition coefficient (Wildman–Crippen LogP) is 6.36. The molecule has 8 nitrogen and oxygen atoms in total. The zero-order valence-electron chi connectivity index (χ0n) is 22.9. The zero-order valence-corrected chi connectivity index (χ0v) is 24.5. The number of unbranched alkanes of at least 4 members (excludes halogenated alkanes) is 5. The molecule has 0 amide bonds. The van der Waals surface area contributed by atoms with E-state index in [0.717, 1.165) is 0 Å². The van der Waals surface area contributed by atoms with Gasteiger partial charge in [0.1, 0.15) is 0 Å². The SMILES string of the molecule is CNC.CNC.O=S(=O)(O)C(F)(F)C(F)CCCCCC(F)(F)F.O=S(=O)(O)C(F)(F)CCCCCCC(F)(F)F. The second kappa shape index (κ2) is 21.6. The summed E-state index contributed by atoms with van der Waals surface area (Å²) in [5.41, 5.74) is 0. The normalized spacial score (nSPS) is 13.6. The minimum Gasteiger partial charge on any atom is -0.323 e. The highest BCUT2D eigenvalue weighted by Gasteiger charge is 2.52. The van der Waals surface area contributed by atoms with E-state index in [2.05, 4.69) is 10.6 Å². The third-order valence-electron chi connectivity index (χ3n) is 4.18. The van der Waals surface area contributed by atoms with Crippen LogP contribution in [0.1, 0.15) is 70.6 Å². The Hall–Kier alpha value is -1.03. The Morgan fingerprint density at radius 3 is 1.12 bits per heavy atom. The van der Waals surface area contributed by atoms with Gasteiger partial charge in [-0.15, -0.1) is 0 Å². The Morgan fingerprint density at radius 1 is 0.561 bits per heavy atom. The number of nitrogens with one attached hydrogen (secondary N) is 2. The predicted molar refractivity (Wildman–Crippen MR) is 131 cm³/mol. The molecule has 0 heterocycles. The summed E-state index contributed by atoms with van der Waals surface area (Å²) in [6.07, 6.45) is -17.0. The molecular formula is C20H39F11N2O6S2. The van der Waals surface area contributed by atoms with E-state index in [4.69, 9.17) is 9.11 Å². The van der Waals surface area contributed by atoms with E-state index in [1.165, 1.54) is 0 Å². The van der Waals surface area contributed by atoms with Crippen molar-refractivity contribution in [2.45, 2.75) is 99.7 Å². The van der Waals surface area contributed by atoms with Crippen molar-refractivity contribution in [2.24, 2.45) is 0 Å². The molecule has 0 aliphatic rings. The lowest BCUT2D eigenvalue weighted by Gasteiger charge is -2.17. The number of rotatable bonds is 14. The van der Waals surface area contributed by atoms with E-state index in [0.29, 0.717) is 0 Å². The van der Waals surface area contributed by atoms with Crippen LogP contribution in [0.2, 0.25) is 0 Å². The summed E-state index contributed by atoms with van der Waals surface area (Å²) in [5.74, 6) is 0. The first-order valence-electron chi connectivity index (χ1n) is 11.8. The van der Waals surface area contributed by atoms with E-state index < -0.39 is 75.0 Å². The number of alkyl halides is 11. The van der Waals surface area contributed by atoms with Gasteiger partial charge in [-0.25, -0.2) is 4.39 Å². The van der Waals surface area contributed by atoms with Crippen molar-refractivity contribution in [3.8, 4) is 0 Å². The Morgan fingerprint density at radius 2 is 0.854 bits per heavy atom. The number of hydrogen-bond acceptors (Lipinski definition) is 6. The standard InChI is InChI=1S/C8H12F6O3S.C8H13F5O3S.2C2H7N/c9-6(8(13,14)18(15,16)17)4-2-1-3-5-7(10,11)12;9-7(10,11)5-3-1-2-4-6-8(12,13)17(14,15)16;2*1-3-2/h6H,1-5H2,(H,15,16,17);1-6H2,(H,14,15,16);2*3H,1-2H3. The monoisotopic (exact) mass is 676 g/mol. The van der Waals surface area contributed by atoms with Gasteiger partial charge in [0, 0.05) is 19.3 Å². The van der Waals surface area contributed by atoms with Gasteiger partial charge >= 0.3 is 43.1 Å². The Labute approximate surface area is 233 Å². The molecule has 0 bridgehead atoms. The molecule has 0 fully saturated rings. The average molecular weight is 677 g/mol. The zero-order chi connectivity index (χ0) is 33.8. The van der Waals surface area contributed by atoms with E-state index in [1.54, 1.807) is 0 Å². The number of halogens is 11. The first-order chi connectivity index (χ1) is 18.2. The van der Waals surface area contributed by atoms with Gasteiger partial charge in [0.2, 0.25) is 0 Å². The highest BCUT2D eigenvalue weighted by atomic mass is 32.2. The van der Waals surface area contributed by atoms with Gasteiger partial charge in [0.25, 0.3) is 0 Å². The summed E-state index contributed by atoms with van der Waals surface area (Å²) < 4.78 is 190. The van der Waals surface area contributed by atoms with Crippen LogP contribution in [-0.2, 0) is 20.2 Å². The topological polar surface area (TPSA) is 133 Å². The van der Waals surface area contributed by atoms with Crippen molar-refractivity contribution < 1.29 is 74.2 Å². The second-order valence-electron chi connectivity index (χ2n) is 8.36. The molecule has 0 aromatic rings. The number of hydrogen-bond donors (Lipinski definition) is 4. The van der Waals surface area contributed by atoms with Crippen LogP contribution in [0.15, 0.2) is 0 Å². The van der Waals surface area contributed by atoms with Crippen molar-refractivity contribution in [1.82, 2.24) is 10.6 Å². The van der Waals surface area contributed by atoms with E-state index in [9.17, 15) is 65.1 Å². The second-order valence-corrected chi connectivity index (χ2v) is 11.4. The summed E-state index contributed by atoms with van der Waals surface area (Å²) in [6.45, 7) is 0. The molecule has 41 heavy (non-hydrogen) atoms. The highest BCUT2D eigenvalue weighted by molar-refractivity contribution is 7.87. The van der Waals surface area contributed by atoms with Gasteiger partial charge in [-0.2, -0.15) is 60.7 Å². The molecule has 1 unspecified atom stereocenters. The van der Waals surface area contributed by atoms with E-state index >= 15 is 0 Å². The molecule has 0 saturated carbocycles. The summed E-state index contributed by atoms with van der Waals surface area (Å²) in [7, 11) is -3.79. The maximum absolute atomic E-state index is 12.8. The largest absolute Gasteiger partial charge is 0.400 e. The molecular weight excluding hydrogens is 637 g/mol. The molecule has 0 aromatic heterocycles. The summed E-state index contributed by atoms with van der Waals surface area (Å²) in [5, 5.41) is -3.66. The van der Waals surface area contributed by atoms with Crippen molar-refractivity contribution in [3.63, 3.8) is 0 Å². The smallest absolute Gasteiger partial charge is 0.323 e. The quantitative estimate of drug-likeness (QED) is 0.0950. The Kier molecular flexibility index (Phi) is 24.7. The van der Waals surface area contributed by atoms with Gasteiger partial charge in [-0.05, 0) is 53.9 Å². The minimum absolute atomic E-state index is 0.0567. The van der Waals surface area contributed by atoms with Gasteiger partial charge in [0.15, 0.2) is 6.17 Å². The van der Waals surface area contributed by atoms with E-state index in [-0.39, 0.29) is 44.9 Å². The van der Waals surface area contributed by atoms with Gasteiger partial charge in [-0.1, -0.05) is 25.7 Å². The van der Waals surface area contributed by atoms with Crippen LogP contribution in [0, 0.1) is 0 Å². The molecule has 0 rings (SSSR count). The average Bonchev–Trinajstić information content (AvgIpc) is 2.74. The molecule has 21 heteroatoms. The van der Waals surface area contributed by atoms with Crippen LogP contribution < -0.4 is 10.6 Å². The molecule has 0 aliphatic heterocycles. The van der Waals surface area contributed by atoms with Crippen LogP contribution in [0.3, 0.4) is 0 Å². The lowest BCUT2D eigenvalue weighted by atomic mass is 10.1. The van der Waals surface area contributed by atoms with Crippen molar-refractivity contribution in [3.05, 3.63) is 0 Å². The van der Waals surface area contributed by atoms with Crippen molar-refractivity contribution >= 4 is 20.2 Å². The van der Waals surface area contributed by atoms with Crippen molar-refractivity contribution in [1.29, 1.82) is 0 Å². The fourth-order valence-electron chi connectivity index (χ4n) is 2.29. The maximum Gasteiger partial charge on any atom is 0.400 e. The molecule has 1 atom stereocenters. The first-order valence-corrected chi connectivity index (χ1v) is 14.7. The van der Waals surface area contributed by atoms with E-state index in [1.807, 2.05) is 28.2 Å². The fourth-order valence-corrected chi connectivity index (χ4v) is 3.14. The molecule has 0 spiro atoms. The van der Waals surface area contributed by atoms with Crippen LogP contribution in [0.4, 0.5) is 48.3 Å². The fraction of sp³-hybridized carbons (Fsp3) is 1.00. The molecule has 254 valence electrons. The molecule has 0 aromatic carbocycles. The lowest BCUT2D eigenvalue weighted by molar-refractivity contribution is -0.136. The summed E-state index contributed by atoms with van der Waals surface area (Å²) >= 11 is 0.